The van der Waals surface area contributed by atoms with Crippen molar-refractivity contribution in [2.75, 3.05) is 13.4 Å². The van der Waals surface area contributed by atoms with Crippen molar-refractivity contribution in [3.05, 3.63) is 17.7 Å². The van der Waals surface area contributed by atoms with Gasteiger partial charge in [-0.3, -0.25) is 9.59 Å². The van der Waals surface area contributed by atoms with Crippen LogP contribution in [0.1, 0.15) is 17.3 Å². The molecule has 0 saturated heterocycles. The average molecular weight is 222 g/mol. The fraction of sp³-hybridized carbons (Fsp3) is 0.273. The maximum Gasteiger partial charge on any atom is 0.231 e. The van der Waals surface area contributed by atoms with Crippen LogP contribution in [0.2, 0.25) is 0 Å². The smallest absolute Gasteiger partial charge is 0.231 e. The second-order valence-corrected chi connectivity index (χ2v) is 3.35. The summed E-state index contributed by atoms with van der Waals surface area (Å²) in [6.07, 6.45) is 0.650. The van der Waals surface area contributed by atoms with E-state index in [2.05, 4.69) is 0 Å². The third-order valence-electron chi connectivity index (χ3n) is 2.06. The Hall–Kier alpha value is -2.04. The molecule has 0 unspecified atom stereocenters. The third kappa shape index (κ3) is 1.98. The van der Waals surface area contributed by atoms with E-state index in [1.807, 2.05) is 0 Å². The molecular weight excluding hydrogens is 212 g/mol. The quantitative estimate of drug-likeness (QED) is 0.716. The lowest BCUT2D eigenvalue weighted by molar-refractivity contribution is -0.118. The van der Waals surface area contributed by atoms with Gasteiger partial charge in [0.2, 0.25) is 6.79 Å². The van der Waals surface area contributed by atoms with Gasteiger partial charge in [-0.2, -0.15) is 0 Å². The van der Waals surface area contributed by atoms with Gasteiger partial charge in [-0.05, 0) is 13.0 Å². The third-order valence-corrected chi connectivity index (χ3v) is 2.06. The Morgan fingerprint density at radius 1 is 1.44 bits per heavy atom. The number of carbonyl (C=O) groups excluding carboxylic acids is 2. The van der Waals surface area contributed by atoms with Crippen molar-refractivity contribution in [3.63, 3.8) is 0 Å². The highest BCUT2D eigenvalue weighted by atomic mass is 16.7. The molecule has 1 aromatic rings. The Balaban J connectivity index is 2.28. The molecule has 0 fully saturated rings. The number of benzene rings is 1. The molecule has 0 atom stereocenters. The van der Waals surface area contributed by atoms with Gasteiger partial charge in [0, 0.05) is 6.07 Å². The van der Waals surface area contributed by atoms with Crippen LogP contribution in [0.15, 0.2) is 12.1 Å². The number of hydrogen-bond acceptors (Lipinski definition) is 5. The summed E-state index contributed by atoms with van der Waals surface area (Å²) >= 11 is 0. The van der Waals surface area contributed by atoms with E-state index in [9.17, 15) is 9.59 Å². The molecule has 1 heterocycles. The van der Waals surface area contributed by atoms with Crippen LogP contribution in [-0.4, -0.2) is 25.5 Å². The molecule has 1 aromatic carbocycles. The lowest BCUT2D eigenvalue weighted by atomic mass is 10.2. The highest BCUT2D eigenvalue weighted by Gasteiger charge is 2.17. The van der Waals surface area contributed by atoms with Crippen molar-refractivity contribution in [1.29, 1.82) is 0 Å². The lowest BCUT2D eigenvalue weighted by Crippen LogP contribution is -2.07. The number of ketones is 1. The van der Waals surface area contributed by atoms with E-state index in [0.717, 1.165) is 0 Å². The van der Waals surface area contributed by atoms with Gasteiger partial charge in [0.15, 0.2) is 23.6 Å². The number of Topliss-reactive ketones (excluding diaryl/α,β-unsaturated/α-hetero) is 1. The van der Waals surface area contributed by atoms with E-state index in [-0.39, 0.29) is 19.2 Å². The molecule has 5 nitrogen and oxygen atoms in total. The Kier molecular flexibility index (Phi) is 2.76. The summed E-state index contributed by atoms with van der Waals surface area (Å²) in [5.74, 6) is 1.24. The van der Waals surface area contributed by atoms with E-state index >= 15 is 0 Å². The van der Waals surface area contributed by atoms with Crippen LogP contribution in [0, 0.1) is 0 Å². The number of rotatable bonds is 4. The predicted molar refractivity (Wildman–Crippen MR) is 54.1 cm³/mol. The number of carbonyl (C=O) groups is 2. The molecule has 0 N–H and O–H groups in total. The topological polar surface area (TPSA) is 61.8 Å². The first-order valence-electron chi connectivity index (χ1n) is 4.72. The number of fused-ring (bicyclic) bond motifs is 1. The van der Waals surface area contributed by atoms with Gasteiger partial charge in [-0.15, -0.1) is 0 Å². The molecule has 5 heteroatoms. The number of aldehydes is 1. The first-order valence-corrected chi connectivity index (χ1v) is 4.72. The van der Waals surface area contributed by atoms with Crippen LogP contribution < -0.4 is 14.2 Å². The molecule has 1 aliphatic heterocycles. The zero-order valence-electron chi connectivity index (χ0n) is 8.69. The standard InChI is InChI=1S/C11H10O5/c1-7(13)5-14-9-3-11-10(15-6-16-11)2-8(9)4-12/h2-4H,5-6H2,1H3. The van der Waals surface area contributed by atoms with E-state index in [0.29, 0.717) is 29.1 Å². The van der Waals surface area contributed by atoms with Crippen LogP contribution in [0.4, 0.5) is 0 Å². The van der Waals surface area contributed by atoms with Crippen molar-refractivity contribution in [3.8, 4) is 17.2 Å². The summed E-state index contributed by atoms with van der Waals surface area (Å²) in [6, 6.07) is 3.08. The minimum absolute atomic E-state index is 0.0690. The van der Waals surface area contributed by atoms with Gasteiger partial charge in [-0.25, -0.2) is 0 Å². The molecule has 0 spiro atoms. The molecule has 0 amide bonds. The van der Waals surface area contributed by atoms with Crippen molar-refractivity contribution >= 4 is 12.1 Å². The van der Waals surface area contributed by atoms with Crippen molar-refractivity contribution < 1.29 is 23.8 Å². The Labute approximate surface area is 91.9 Å². The minimum atomic E-state index is -0.116. The second-order valence-electron chi connectivity index (χ2n) is 3.35. The number of hydrogen-bond donors (Lipinski definition) is 0. The van der Waals surface area contributed by atoms with Gasteiger partial charge in [0.05, 0.1) is 5.56 Å². The molecule has 2 rings (SSSR count). The maximum atomic E-state index is 10.8. The zero-order valence-corrected chi connectivity index (χ0v) is 8.69. The van der Waals surface area contributed by atoms with E-state index in [4.69, 9.17) is 14.2 Å². The molecule has 0 aromatic heterocycles. The first kappa shape index (κ1) is 10.5. The Morgan fingerprint density at radius 2 is 2.12 bits per heavy atom. The summed E-state index contributed by atoms with van der Waals surface area (Å²) in [7, 11) is 0. The summed E-state index contributed by atoms with van der Waals surface area (Å²) in [4.78, 5) is 21.6. The fourth-order valence-corrected chi connectivity index (χ4v) is 1.34. The second kappa shape index (κ2) is 4.22. The van der Waals surface area contributed by atoms with Gasteiger partial charge in [0.25, 0.3) is 0 Å². The summed E-state index contributed by atoms with van der Waals surface area (Å²) < 4.78 is 15.5. The normalized spacial score (nSPS) is 12.3. The van der Waals surface area contributed by atoms with Crippen LogP contribution in [0.25, 0.3) is 0 Å². The molecular formula is C11H10O5. The van der Waals surface area contributed by atoms with Crippen LogP contribution in [0.3, 0.4) is 0 Å². The average Bonchev–Trinajstić information content (AvgIpc) is 2.71. The summed E-state index contributed by atoms with van der Waals surface area (Å²) in [5, 5.41) is 0. The van der Waals surface area contributed by atoms with Crippen molar-refractivity contribution in [2.24, 2.45) is 0 Å². The number of ether oxygens (including phenoxy) is 3. The SMILES string of the molecule is CC(=O)COc1cc2c(cc1C=O)OCO2. The van der Waals surface area contributed by atoms with Crippen molar-refractivity contribution in [1.82, 2.24) is 0 Å². The molecule has 1 aliphatic rings. The van der Waals surface area contributed by atoms with Gasteiger partial charge in [-0.1, -0.05) is 0 Å². The van der Waals surface area contributed by atoms with Crippen LogP contribution in [-0.2, 0) is 4.79 Å². The van der Waals surface area contributed by atoms with Crippen LogP contribution >= 0.6 is 0 Å². The monoisotopic (exact) mass is 222 g/mol. The predicted octanol–water partition coefficient (Wildman–Crippen LogP) is 1.20. The molecule has 16 heavy (non-hydrogen) atoms. The molecule has 0 bridgehead atoms. The minimum Gasteiger partial charge on any atom is -0.485 e. The van der Waals surface area contributed by atoms with E-state index in [1.54, 1.807) is 6.07 Å². The van der Waals surface area contributed by atoms with Gasteiger partial charge in [0.1, 0.15) is 12.4 Å². The Morgan fingerprint density at radius 3 is 2.75 bits per heavy atom. The van der Waals surface area contributed by atoms with Crippen molar-refractivity contribution in [2.45, 2.75) is 6.92 Å². The highest BCUT2D eigenvalue weighted by Crippen LogP contribution is 2.37. The van der Waals surface area contributed by atoms with Gasteiger partial charge < -0.3 is 14.2 Å². The largest absolute Gasteiger partial charge is 0.485 e. The zero-order chi connectivity index (χ0) is 11.5. The molecule has 0 radical (unpaired) electrons. The molecule has 0 saturated carbocycles. The lowest BCUT2D eigenvalue weighted by Gasteiger charge is -2.07. The summed E-state index contributed by atoms with van der Waals surface area (Å²) in [5.41, 5.74) is 0.338. The van der Waals surface area contributed by atoms with Crippen LogP contribution in [0.5, 0.6) is 17.2 Å². The highest BCUT2D eigenvalue weighted by molar-refractivity contribution is 5.82. The van der Waals surface area contributed by atoms with Gasteiger partial charge >= 0.3 is 0 Å². The van der Waals surface area contributed by atoms with E-state index in [1.165, 1.54) is 13.0 Å². The maximum absolute atomic E-state index is 10.8. The molecule has 84 valence electrons. The molecule has 0 aliphatic carbocycles. The fourth-order valence-electron chi connectivity index (χ4n) is 1.34. The summed E-state index contributed by atoms with van der Waals surface area (Å²) in [6.45, 7) is 1.47. The Bertz CT molecular complexity index is 438. The first-order chi connectivity index (χ1) is 7.70. The van der Waals surface area contributed by atoms with E-state index < -0.39 is 0 Å².